The first-order valence-corrected chi connectivity index (χ1v) is 9.50. The fraction of sp³-hybridized carbons (Fsp3) is 0.409. The Morgan fingerprint density at radius 2 is 1.65 bits per heavy atom. The standard InChI is InChI=1S/C22H29N3O/c1-18(22(26)24(2)21-12-4-3-5-13-21)23-16-19-10-6-7-11-20(19)17-25-14-8-9-15-25/h3-7,10-13,18,23H,8-9,14-17H2,1-2H3/t18-/m1/s1. The zero-order valence-electron chi connectivity index (χ0n) is 15.8. The minimum absolute atomic E-state index is 0.0771. The van der Waals surface area contributed by atoms with Gasteiger partial charge >= 0.3 is 0 Å². The van der Waals surface area contributed by atoms with Crippen LogP contribution in [-0.2, 0) is 17.9 Å². The molecule has 1 aliphatic rings. The molecule has 1 atom stereocenters. The summed E-state index contributed by atoms with van der Waals surface area (Å²) in [7, 11) is 1.83. The van der Waals surface area contributed by atoms with E-state index >= 15 is 0 Å². The first-order chi connectivity index (χ1) is 12.6. The van der Waals surface area contributed by atoms with Crippen LogP contribution < -0.4 is 10.2 Å². The first kappa shape index (κ1) is 18.6. The van der Waals surface area contributed by atoms with E-state index in [1.54, 1.807) is 4.90 Å². The SMILES string of the molecule is C[C@@H](NCc1ccccc1CN1CCCC1)C(=O)N(C)c1ccccc1. The van der Waals surface area contributed by atoms with Gasteiger partial charge in [0.25, 0.3) is 0 Å². The van der Waals surface area contributed by atoms with E-state index in [9.17, 15) is 4.79 Å². The number of nitrogens with one attached hydrogen (secondary N) is 1. The number of likely N-dealkylation sites (tertiary alicyclic amines) is 1. The number of amides is 1. The number of hydrogen-bond acceptors (Lipinski definition) is 3. The topological polar surface area (TPSA) is 35.6 Å². The molecule has 0 aliphatic carbocycles. The highest BCUT2D eigenvalue weighted by atomic mass is 16.2. The van der Waals surface area contributed by atoms with E-state index in [1.165, 1.54) is 37.1 Å². The highest BCUT2D eigenvalue weighted by Crippen LogP contribution is 2.17. The van der Waals surface area contributed by atoms with Crippen LogP contribution in [0, 0.1) is 0 Å². The fourth-order valence-electron chi connectivity index (χ4n) is 3.49. The van der Waals surface area contributed by atoms with Gasteiger partial charge in [-0.05, 0) is 56.1 Å². The summed E-state index contributed by atoms with van der Waals surface area (Å²) in [6.45, 7) is 6.03. The molecule has 4 nitrogen and oxygen atoms in total. The van der Waals surface area contributed by atoms with E-state index in [0.29, 0.717) is 6.54 Å². The summed E-state index contributed by atoms with van der Waals surface area (Å²) >= 11 is 0. The van der Waals surface area contributed by atoms with Crippen molar-refractivity contribution in [1.82, 2.24) is 10.2 Å². The molecule has 0 saturated carbocycles. The second-order valence-electron chi connectivity index (χ2n) is 7.09. The van der Waals surface area contributed by atoms with Crippen molar-refractivity contribution in [1.29, 1.82) is 0 Å². The van der Waals surface area contributed by atoms with Gasteiger partial charge in [-0.1, -0.05) is 42.5 Å². The van der Waals surface area contributed by atoms with Crippen molar-refractivity contribution in [3.05, 3.63) is 65.7 Å². The highest BCUT2D eigenvalue weighted by Gasteiger charge is 2.19. The van der Waals surface area contributed by atoms with Gasteiger partial charge < -0.3 is 10.2 Å². The minimum atomic E-state index is -0.236. The lowest BCUT2D eigenvalue weighted by molar-refractivity contribution is -0.120. The van der Waals surface area contributed by atoms with Crippen LogP contribution in [0.25, 0.3) is 0 Å². The normalized spacial score (nSPS) is 15.8. The van der Waals surface area contributed by atoms with Gasteiger partial charge in [0, 0.05) is 25.8 Å². The molecule has 3 rings (SSSR count). The van der Waals surface area contributed by atoms with Gasteiger partial charge in [-0.15, -0.1) is 0 Å². The Balaban J connectivity index is 1.59. The second-order valence-corrected chi connectivity index (χ2v) is 7.09. The summed E-state index contributed by atoms with van der Waals surface area (Å²) in [5, 5.41) is 3.40. The van der Waals surface area contributed by atoms with Gasteiger partial charge in [-0.25, -0.2) is 0 Å². The second kappa shape index (κ2) is 8.97. The van der Waals surface area contributed by atoms with Crippen molar-refractivity contribution in [2.75, 3.05) is 25.0 Å². The number of carbonyl (C=O) groups is 1. The van der Waals surface area contributed by atoms with E-state index in [4.69, 9.17) is 0 Å². The quantitative estimate of drug-likeness (QED) is 0.830. The molecule has 0 radical (unpaired) electrons. The van der Waals surface area contributed by atoms with E-state index < -0.39 is 0 Å². The van der Waals surface area contributed by atoms with Crippen LogP contribution in [0.1, 0.15) is 30.9 Å². The molecule has 0 bridgehead atoms. The maximum absolute atomic E-state index is 12.7. The Morgan fingerprint density at radius 3 is 2.35 bits per heavy atom. The van der Waals surface area contributed by atoms with Gasteiger partial charge in [0.15, 0.2) is 0 Å². The van der Waals surface area contributed by atoms with Crippen molar-refractivity contribution in [3.63, 3.8) is 0 Å². The van der Waals surface area contributed by atoms with Crippen molar-refractivity contribution < 1.29 is 4.79 Å². The third kappa shape index (κ3) is 4.71. The molecule has 1 fully saturated rings. The molecule has 0 unspecified atom stereocenters. The molecule has 4 heteroatoms. The average Bonchev–Trinajstić information content (AvgIpc) is 3.19. The maximum atomic E-state index is 12.7. The van der Waals surface area contributed by atoms with Crippen LogP contribution in [0.15, 0.2) is 54.6 Å². The fourth-order valence-corrected chi connectivity index (χ4v) is 3.49. The minimum Gasteiger partial charge on any atom is -0.314 e. The summed E-state index contributed by atoms with van der Waals surface area (Å²) in [5.74, 6) is 0.0771. The highest BCUT2D eigenvalue weighted by molar-refractivity contribution is 5.96. The van der Waals surface area contributed by atoms with Crippen LogP contribution in [0.3, 0.4) is 0 Å². The number of rotatable bonds is 7. The molecule has 1 N–H and O–H groups in total. The third-order valence-corrected chi connectivity index (χ3v) is 5.15. The average molecular weight is 351 g/mol. The number of hydrogen-bond donors (Lipinski definition) is 1. The Labute approximate surface area is 156 Å². The van der Waals surface area contributed by atoms with Crippen LogP contribution in [0.2, 0.25) is 0 Å². The van der Waals surface area contributed by atoms with E-state index in [2.05, 4.69) is 34.5 Å². The van der Waals surface area contributed by atoms with Gasteiger partial charge in [-0.2, -0.15) is 0 Å². The van der Waals surface area contributed by atoms with E-state index in [0.717, 1.165) is 12.2 Å². The molecule has 0 spiro atoms. The van der Waals surface area contributed by atoms with Crippen LogP contribution in [0.4, 0.5) is 5.69 Å². The summed E-state index contributed by atoms with van der Waals surface area (Å²) in [6.07, 6.45) is 2.61. The van der Waals surface area contributed by atoms with Crippen LogP contribution in [-0.4, -0.2) is 37.0 Å². The smallest absolute Gasteiger partial charge is 0.243 e. The molecule has 1 aliphatic heterocycles. The molecule has 1 saturated heterocycles. The largest absolute Gasteiger partial charge is 0.314 e. The zero-order valence-corrected chi connectivity index (χ0v) is 15.8. The number of para-hydroxylation sites is 1. The lowest BCUT2D eigenvalue weighted by atomic mass is 10.1. The molecule has 2 aromatic carbocycles. The van der Waals surface area contributed by atoms with Crippen molar-refractivity contribution in [2.24, 2.45) is 0 Å². The zero-order chi connectivity index (χ0) is 18.4. The predicted molar refractivity (Wildman–Crippen MR) is 107 cm³/mol. The lowest BCUT2D eigenvalue weighted by Crippen LogP contribution is -2.43. The lowest BCUT2D eigenvalue weighted by Gasteiger charge is -2.23. The van der Waals surface area contributed by atoms with Crippen molar-refractivity contribution in [2.45, 2.75) is 38.9 Å². The Kier molecular flexibility index (Phi) is 6.42. The Morgan fingerprint density at radius 1 is 1.04 bits per heavy atom. The maximum Gasteiger partial charge on any atom is 0.243 e. The van der Waals surface area contributed by atoms with Gasteiger partial charge in [0.2, 0.25) is 5.91 Å². The molecular weight excluding hydrogens is 322 g/mol. The summed E-state index contributed by atoms with van der Waals surface area (Å²) in [4.78, 5) is 16.9. The molecule has 26 heavy (non-hydrogen) atoms. The van der Waals surface area contributed by atoms with Crippen LogP contribution >= 0.6 is 0 Å². The van der Waals surface area contributed by atoms with E-state index in [-0.39, 0.29) is 11.9 Å². The summed E-state index contributed by atoms with van der Waals surface area (Å²) < 4.78 is 0. The monoisotopic (exact) mass is 351 g/mol. The Hall–Kier alpha value is -2.17. The predicted octanol–water partition coefficient (Wildman–Crippen LogP) is 3.42. The number of likely N-dealkylation sites (N-methyl/N-ethyl adjacent to an activating group) is 1. The van der Waals surface area contributed by atoms with Gasteiger partial charge in [-0.3, -0.25) is 9.69 Å². The summed E-state index contributed by atoms with van der Waals surface area (Å²) in [5.41, 5.74) is 3.56. The van der Waals surface area contributed by atoms with Crippen molar-refractivity contribution in [3.8, 4) is 0 Å². The van der Waals surface area contributed by atoms with Crippen LogP contribution in [0.5, 0.6) is 0 Å². The molecule has 1 amide bonds. The number of benzene rings is 2. The van der Waals surface area contributed by atoms with Crippen molar-refractivity contribution >= 4 is 11.6 Å². The summed E-state index contributed by atoms with van der Waals surface area (Å²) in [6, 6.07) is 18.1. The number of anilines is 1. The van der Waals surface area contributed by atoms with E-state index in [1.807, 2.05) is 44.3 Å². The van der Waals surface area contributed by atoms with Gasteiger partial charge in [0.05, 0.1) is 6.04 Å². The third-order valence-electron chi connectivity index (χ3n) is 5.15. The molecular formula is C22H29N3O. The molecule has 2 aromatic rings. The Bertz CT molecular complexity index is 710. The number of nitrogens with zero attached hydrogens (tertiary/aromatic N) is 2. The number of carbonyl (C=O) groups excluding carboxylic acids is 1. The van der Waals surface area contributed by atoms with Gasteiger partial charge in [0.1, 0.15) is 0 Å². The first-order valence-electron chi connectivity index (χ1n) is 9.50. The molecule has 0 aromatic heterocycles. The molecule has 1 heterocycles. The molecule has 138 valence electrons.